The zero-order valence-corrected chi connectivity index (χ0v) is 8.87. The first-order valence-electron chi connectivity index (χ1n) is 5.99. The van der Waals surface area contributed by atoms with E-state index in [4.69, 9.17) is 0 Å². The van der Waals surface area contributed by atoms with Gasteiger partial charge in [0, 0.05) is 0 Å². The Morgan fingerprint density at radius 1 is 1.00 bits per heavy atom. The summed E-state index contributed by atoms with van der Waals surface area (Å²) in [5.41, 5.74) is 0.595. The third kappa shape index (κ3) is 1.77. The molecule has 2 rings (SSSR count). The summed E-state index contributed by atoms with van der Waals surface area (Å²) in [6.45, 7) is 0. The van der Waals surface area contributed by atoms with Crippen molar-refractivity contribution in [3.05, 3.63) is 12.2 Å². The fraction of sp³-hybridized carbons (Fsp3) is 0.769. The first-order valence-corrected chi connectivity index (χ1v) is 5.99. The van der Waals surface area contributed by atoms with Crippen molar-refractivity contribution in [2.75, 3.05) is 0 Å². The van der Waals surface area contributed by atoms with Crippen LogP contribution in [0.2, 0.25) is 0 Å². The Kier molecular flexibility index (Phi) is 3.05. The van der Waals surface area contributed by atoms with Crippen molar-refractivity contribution in [3.63, 3.8) is 0 Å². The Labute approximate surface area is 86.6 Å². The molecule has 0 heterocycles. The molecule has 78 valence electrons. The molecule has 1 nitrogen and oxygen atoms in total. The zero-order valence-electron chi connectivity index (χ0n) is 8.87. The van der Waals surface area contributed by atoms with Crippen molar-refractivity contribution < 1.29 is 4.79 Å². The SMILES string of the molecule is O=C/C=C/C1CCCCC12CCCC2. The van der Waals surface area contributed by atoms with Crippen molar-refractivity contribution in [2.45, 2.75) is 51.4 Å². The lowest BCUT2D eigenvalue weighted by Crippen LogP contribution is -2.29. The maximum Gasteiger partial charge on any atom is 0.142 e. The molecular weight excluding hydrogens is 172 g/mol. The summed E-state index contributed by atoms with van der Waals surface area (Å²) in [5, 5.41) is 0. The Balaban J connectivity index is 2.10. The van der Waals surface area contributed by atoms with Crippen molar-refractivity contribution >= 4 is 6.29 Å². The van der Waals surface area contributed by atoms with E-state index in [2.05, 4.69) is 6.08 Å². The third-order valence-electron chi connectivity index (χ3n) is 4.25. The van der Waals surface area contributed by atoms with Gasteiger partial charge in [0.1, 0.15) is 6.29 Å². The largest absolute Gasteiger partial charge is 0.299 e. The normalized spacial score (nSPS) is 31.3. The number of hydrogen-bond acceptors (Lipinski definition) is 1. The highest BCUT2D eigenvalue weighted by atomic mass is 16.1. The van der Waals surface area contributed by atoms with E-state index >= 15 is 0 Å². The second-order valence-corrected chi connectivity index (χ2v) is 4.94. The lowest BCUT2D eigenvalue weighted by molar-refractivity contribution is -0.104. The smallest absolute Gasteiger partial charge is 0.142 e. The van der Waals surface area contributed by atoms with Gasteiger partial charge in [-0.2, -0.15) is 0 Å². The van der Waals surface area contributed by atoms with Gasteiger partial charge in [0.15, 0.2) is 0 Å². The van der Waals surface area contributed by atoms with Gasteiger partial charge in [0.05, 0.1) is 0 Å². The van der Waals surface area contributed by atoms with Gasteiger partial charge in [0.25, 0.3) is 0 Å². The standard InChI is InChI=1S/C13H20O/c14-11-5-7-12-6-1-2-8-13(12)9-3-4-10-13/h5,7,11-12H,1-4,6,8-10H2/b7-5+. The van der Waals surface area contributed by atoms with Crippen LogP contribution in [-0.2, 0) is 4.79 Å². The Morgan fingerprint density at radius 3 is 2.29 bits per heavy atom. The van der Waals surface area contributed by atoms with Gasteiger partial charge < -0.3 is 0 Å². The van der Waals surface area contributed by atoms with E-state index < -0.39 is 0 Å². The minimum Gasteiger partial charge on any atom is -0.299 e. The maximum atomic E-state index is 10.4. The summed E-state index contributed by atoms with van der Waals surface area (Å²) in [5.74, 6) is 0.698. The Morgan fingerprint density at radius 2 is 1.64 bits per heavy atom. The zero-order chi connectivity index (χ0) is 9.86. The van der Waals surface area contributed by atoms with Crippen LogP contribution in [0, 0.1) is 11.3 Å². The van der Waals surface area contributed by atoms with Crippen LogP contribution in [0.5, 0.6) is 0 Å². The lowest BCUT2D eigenvalue weighted by atomic mass is 9.65. The van der Waals surface area contributed by atoms with Gasteiger partial charge in [-0.05, 0) is 43.1 Å². The highest BCUT2D eigenvalue weighted by Crippen LogP contribution is 2.52. The molecule has 0 aromatic rings. The molecule has 1 spiro atoms. The highest BCUT2D eigenvalue weighted by Gasteiger charge is 2.40. The van der Waals surface area contributed by atoms with Crippen LogP contribution in [0.1, 0.15) is 51.4 Å². The molecule has 2 aliphatic carbocycles. The third-order valence-corrected chi connectivity index (χ3v) is 4.25. The van der Waals surface area contributed by atoms with Crippen LogP contribution < -0.4 is 0 Å². The topological polar surface area (TPSA) is 17.1 Å². The highest BCUT2D eigenvalue weighted by molar-refractivity contribution is 5.64. The fourth-order valence-electron chi connectivity index (χ4n) is 3.51. The maximum absolute atomic E-state index is 10.4. The molecule has 14 heavy (non-hydrogen) atoms. The molecule has 0 N–H and O–H groups in total. The van der Waals surface area contributed by atoms with E-state index in [1.807, 2.05) is 0 Å². The predicted octanol–water partition coefficient (Wildman–Crippen LogP) is 3.49. The fourth-order valence-corrected chi connectivity index (χ4v) is 3.51. The van der Waals surface area contributed by atoms with E-state index in [0.717, 1.165) is 6.29 Å². The quantitative estimate of drug-likeness (QED) is 0.483. The van der Waals surface area contributed by atoms with Crippen molar-refractivity contribution in [1.82, 2.24) is 0 Å². The minimum atomic E-state index is 0.595. The lowest BCUT2D eigenvalue weighted by Gasteiger charge is -2.40. The van der Waals surface area contributed by atoms with Crippen LogP contribution in [0.4, 0.5) is 0 Å². The molecule has 0 bridgehead atoms. The van der Waals surface area contributed by atoms with Gasteiger partial charge in [0.2, 0.25) is 0 Å². The van der Waals surface area contributed by atoms with Crippen molar-refractivity contribution in [3.8, 4) is 0 Å². The molecule has 2 fully saturated rings. The second-order valence-electron chi connectivity index (χ2n) is 4.94. The minimum absolute atomic E-state index is 0.595. The van der Waals surface area contributed by atoms with E-state index in [1.54, 1.807) is 6.08 Å². The number of carbonyl (C=O) groups excluding carboxylic acids is 1. The van der Waals surface area contributed by atoms with Gasteiger partial charge in [-0.3, -0.25) is 4.79 Å². The van der Waals surface area contributed by atoms with Gasteiger partial charge in [-0.1, -0.05) is 31.8 Å². The molecule has 2 saturated carbocycles. The van der Waals surface area contributed by atoms with E-state index in [-0.39, 0.29) is 0 Å². The van der Waals surface area contributed by atoms with Crippen molar-refractivity contribution in [1.29, 1.82) is 0 Å². The molecule has 1 heteroatoms. The van der Waals surface area contributed by atoms with Gasteiger partial charge in [-0.25, -0.2) is 0 Å². The van der Waals surface area contributed by atoms with E-state index in [9.17, 15) is 4.79 Å². The average Bonchev–Trinajstić information content (AvgIpc) is 2.66. The number of allylic oxidation sites excluding steroid dienone is 2. The van der Waals surface area contributed by atoms with Crippen LogP contribution >= 0.6 is 0 Å². The first-order chi connectivity index (χ1) is 6.87. The van der Waals surface area contributed by atoms with E-state index in [0.29, 0.717) is 11.3 Å². The van der Waals surface area contributed by atoms with Crippen LogP contribution in [0.25, 0.3) is 0 Å². The van der Waals surface area contributed by atoms with Gasteiger partial charge in [-0.15, -0.1) is 0 Å². The molecular formula is C13H20O. The van der Waals surface area contributed by atoms with Crippen LogP contribution in [0.15, 0.2) is 12.2 Å². The van der Waals surface area contributed by atoms with E-state index in [1.165, 1.54) is 51.4 Å². The number of hydrogen-bond donors (Lipinski definition) is 0. The molecule has 0 radical (unpaired) electrons. The molecule has 0 aromatic heterocycles. The summed E-state index contributed by atoms with van der Waals surface area (Å²) in [4.78, 5) is 10.4. The molecule has 1 atom stereocenters. The number of aldehydes is 1. The summed E-state index contributed by atoms with van der Waals surface area (Å²) < 4.78 is 0. The monoisotopic (exact) mass is 192 g/mol. The Bertz CT molecular complexity index is 223. The Hall–Kier alpha value is -0.590. The summed E-state index contributed by atoms with van der Waals surface area (Å²) >= 11 is 0. The molecule has 0 aromatic carbocycles. The van der Waals surface area contributed by atoms with Crippen LogP contribution in [-0.4, -0.2) is 6.29 Å². The molecule has 0 aliphatic heterocycles. The number of rotatable bonds is 2. The molecule has 1 unspecified atom stereocenters. The summed E-state index contributed by atoms with van der Waals surface area (Å²) in [6.07, 6.45) is 15.9. The van der Waals surface area contributed by atoms with Gasteiger partial charge >= 0.3 is 0 Å². The molecule has 0 saturated heterocycles. The number of carbonyl (C=O) groups is 1. The summed E-state index contributed by atoms with van der Waals surface area (Å²) in [6, 6.07) is 0. The van der Waals surface area contributed by atoms with Crippen LogP contribution in [0.3, 0.4) is 0 Å². The van der Waals surface area contributed by atoms with Crippen molar-refractivity contribution in [2.24, 2.45) is 11.3 Å². The molecule has 0 amide bonds. The average molecular weight is 192 g/mol. The molecule has 2 aliphatic rings. The first kappa shape index (κ1) is 9.95. The second kappa shape index (κ2) is 4.29. The predicted molar refractivity (Wildman–Crippen MR) is 58.1 cm³/mol. The summed E-state index contributed by atoms with van der Waals surface area (Å²) in [7, 11) is 0.